The molecule has 156 valence electrons. The summed E-state index contributed by atoms with van der Waals surface area (Å²) in [5.74, 6) is -0.119. The van der Waals surface area contributed by atoms with E-state index in [0.29, 0.717) is 36.0 Å². The van der Waals surface area contributed by atoms with Crippen LogP contribution >= 0.6 is 11.3 Å². The Morgan fingerprint density at radius 2 is 1.73 bits per heavy atom. The quantitative estimate of drug-likeness (QED) is 0.530. The summed E-state index contributed by atoms with van der Waals surface area (Å²) in [4.78, 5) is 27.6. The van der Waals surface area contributed by atoms with Crippen molar-refractivity contribution in [3.63, 3.8) is 0 Å². The lowest BCUT2D eigenvalue weighted by molar-refractivity contribution is -0.114. The van der Waals surface area contributed by atoms with Gasteiger partial charge in [0.25, 0.3) is 0 Å². The molecule has 1 amide bonds. The number of nitrogens with one attached hydrogen (secondary N) is 1. The largest absolute Gasteiger partial charge is 0.490 e. The number of carbonyl (C=O) groups is 2. The van der Waals surface area contributed by atoms with E-state index in [0.717, 1.165) is 10.6 Å². The summed E-state index contributed by atoms with van der Waals surface area (Å²) in [6.45, 7) is 6.22. The molecule has 1 aromatic heterocycles. The van der Waals surface area contributed by atoms with Gasteiger partial charge in [0.15, 0.2) is 11.5 Å². The minimum Gasteiger partial charge on any atom is -0.490 e. The van der Waals surface area contributed by atoms with Gasteiger partial charge in [-0.1, -0.05) is 6.07 Å². The van der Waals surface area contributed by atoms with Crippen molar-refractivity contribution in [2.45, 2.75) is 20.8 Å². The minimum atomic E-state index is -1.12. The van der Waals surface area contributed by atoms with Gasteiger partial charge in [-0.25, -0.2) is 9.78 Å². The number of rotatable bonds is 8. The first-order chi connectivity index (χ1) is 14.4. The number of hydrogen-bond acceptors (Lipinski definition) is 6. The second kappa shape index (κ2) is 9.41. The molecule has 0 spiro atoms. The number of carboxylic acids is 1. The van der Waals surface area contributed by atoms with Crippen LogP contribution in [0.1, 0.15) is 31.1 Å². The van der Waals surface area contributed by atoms with Gasteiger partial charge in [0.2, 0.25) is 5.91 Å². The van der Waals surface area contributed by atoms with Crippen LogP contribution in [0.3, 0.4) is 0 Å². The van der Waals surface area contributed by atoms with Crippen molar-refractivity contribution in [1.82, 2.24) is 4.98 Å². The van der Waals surface area contributed by atoms with Gasteiger partial charge in [0.1, 0.15) is 5.01 Å². The third-order valence-electron chi connectivity index (χ3n) is 4.15. The number of carboxylic acid groups (broad SMARTS) is 1. The Hall–Kier alpha value is -3.39. The summed E-state index contributed by atoms with van der Waals surface area (Å²) < 4.78 is 11.3. The van der Waals surface area contributed by atoms with Crippen LogP contribution in [0.15, 0.2) is 41.8 Å². The Balaban J connectivity index is 1.95. The molecule has 1 heterocycles. The van der Waals surface area contributed by atoms with Crippen molar-refractivity contribution in [3.8, 4) is 33.3 Å². The maximum atomic E-state index is 11.6. The van der Waals surface area contributed by atoms with Crippen molar-refractivity contribution in [2.75, 3.05) is 18.5 Å². The molecule has 0 aliphatic heterocycles. The lowest BCUT2D eigenvalue weighted by atomic mass is 10.1. The van der Waals surface area contributed by atoms with Crippen molar-refractivity contribution in [1.29, 1.82) is 0 Å². The maximum Gasteiger partial charge on any atom is 0.337 e. The first-order valence-corrected chi connectivity index (χ1v) is 10.3. The van der Waals surface area contributed by atoms with Gasteiger partial charge in [-0.15, -0.1) is 11.3 Å². The van der Waals surface area contributed by atoms with Gasteiger partial charge >= 0.3 is 5.97 Å². The van der Waals surface area contributed by atoms with Gasteiger partial charge in [-0.3, -0.25) is 4.79 Å². The number of amides is 1. The molecule has 0 bridgehead atoms. The molecule has 3 aromatic rings. The van der Waals surface area contributed by atoms with E-state index < -0.39 is 5.97 Å². The number of thiazole rings is 1. The molecule has 0 fully saturated rings. The fourth-order valence-corrected chi connectivity index (χ4v) is 3.73. The Morgan fingerprint density at radius 1 is 1.03 bits per heavy atom. The summed E-state index contributed by atoms with van der Waals surface area (Å²) in [5, 5.41) is 14.7. The topological polar surface area (TPSA) is 97.8 Å². The SMILES string of the molecule is CCOc1ccc(-c2nc(-c3ccc(NC(C)=O)c(C(=O)O)c3)cs2)cc1OCC. The lowest BCUT2D eigenvalue weighted by Gasteiger charge is -2.11. The molecule has 8 heteroatoms. The van der Waals surface area contributed by atoms with E-state index in [1.165, 1.54) is 24.3 Å². The van der Waals surface area contributed by atoms with E-state index in [1.807, 2.05) is 37.4 Å². The molecule has 0 saturated carbocycles. The summed E-state index contributed by atoms with van der Waals surface area (Å²) in [7, 11) is 0. The van der Waals surface area contributed by atoms with E-state index in [-0.39, 0.29) is 17.2 Å². The number of benzene rings is 2. The average molecular weight is 426 g/mol. The van der Waals surface area contributed by atoms with Crippen LogP contribution in [0.25, 0.3) is 21.8 Å². The molecule has 7 nitrogen and oxygen atoms in total. The zero-order valence-corrected chi connectivity index (χ0v) is 17.7. The van der Waals surface area contributed by atoms with Crippen LogP contribution in [0, 0.1) is 0 Å². The summed E-state index contributed by atoms with van der Waals surface area (Å²) >= 11 is 1.45. The predicted molar refractivity (Wildman–Crippen MR) is 117 cm³/mol. The standard InChI is InChI=1S/C22H22N2O5S/c1-4-28-19-9-7-15(11-20(19)29-5-2)21-24-18(12-30-21)14-6-8-17(23-13(3)25)16(10-14)22(26)27/h6-12H,4-5H2,1-3H3,(H,23,25)(H,26,27). The van der Waals surface area contributed by atoms with Gasteiger partial charge in [0.05, 0.1) is 30.2 Å². The highest BCUT2D eigenvalue weighted by molar-refractivity contribution is 7.13. The van der Waals surface area contributed by atoms with Crippen LogP contribution in [-0.4, -0.2) is 35.2 Å². The van der Waals surface area contributed by atoms with Gasteiger partial charge in [-0.2, -0.15) is 0 Å². The molecule has 0 saturated heterocycles. The number of ether oxygens (including phenoxy) is 2. The highest BCUT2D eigenvalue weighted by Gasteiger charge is 2.15. The number of anilines is 1. The van der Waals surface area contributed by atoms with Crippen LogP contribution < -0.4 is 14.8 Å². The Bertz CT molecular complexity index is 1080. The third-order valence-corrected chi connectivity index (χ3v) is 5.04. The highest BCUT2D eigenvalue weighted by Crippen LogP contribution is 2.36. The molecule has 0 unspecified atom stereocenters. The maximum absolute atomic E-state index is 11.6. The fourth-order valence-electron chi connectivity index (χ4n) is 2.90. The monoisotopic (exact) mass is 426 g/mol. The first-order valence-electron chi connectivity index (χ1n) is 9.43. The first kappa shape index (κ1) is 21.3. The molecule has 3 rings (SSSR count). The molecule has 0 radical (unpaired) electrons. The second-order valence-corrected chi connectivity index (χ2v) is 7.17. The van der Waals surface area contributed by atoms with Crippen LogP contribution in [0.5, 0.6) is 11.5 Å². The van der Waals surface area contributed by atoms with Crippen molar-refractivity contribution in [2.24, 2.45) is 0 Å². The molecule has 0 atom stereocenters. The van der Waals surface area contributed by atoms with Gasteiger partial charge in [-0.05, 0) is 44.2 Å². The fraction of sp³-hybridized carbons (Fsp3) is 0.227. The van der Waals surface area contributed by atoms with E-state index >= 15 is 0 Å². The molecular formula is C22H22N2O5S. The third kappa shape index (κ3) is 4.77. The molecule has 2 aromatic carbocycles. The lowest BCUT2D eigenvalue weighted by Crippen LogP contribution is -2.10. The molecule has 0 aliphatic rings. The second-order valence-electron chi connectivity index (χ2n) is 6.31. The van der Waals surface area contributed by atoms with E-state index in [1.54, 1.807) is 12.1 Å². The smallest absolute Gasteiger partial charge is 0.337 e. The average Bonchev–Trinajstić information content (AvgIpc) is 3.19. The van der Waals surface area contributed by atoms with Gasteiger partial charge in [0, 0.05) is 23.4 Å². The number of aromatic carboxylic acids is 1. The highest BCUT2D eigenvalue weighted by atomic mass is 32.1. The zero-order chi connectivity index (χ0) is 21.7. The molecule has 0 aliphatic carbocycles. The predicted octanol–water partition coefficient (Wildman–Crippen LogP) is 4.93. The molecule has 30 heavy (non-hydrogen) atoms. The number of nitrogens with zero attached hydrogens (tertiary/aromatic N) is 1. The summed E-state index contributed by atoms with van der Waals surface area (Å²) in [5.41, 5.74) is 2.45. The van der Waals surface area contributed by atoms with Gasteiger partial charge < -0.3 is 19.9 Å². The number of carbonyl (C=O) groups excluding carboxylic acids is 1. The van der Waals surface area contributed by atoms with E-state index in [2.05, 4.69) is 10.3 Å². The summed E-state index contributed by atoms with van der Waals surface area (Å²) in [6, 6.07) is 10.5. The van der Waals surface area contributed by atoms with E-state index in [4.69, 9.17) is 9.47 Å². The molecule has 2 N–H and O–H groups in total. The normalized spacial score (nSPS) is 10.5. The van der Waals surface area contributed by atoms with Crippen LogP contribution in [0.2, 0.25) is 0 Å². The van der Waals surface area contributed by atoms with Crippen molar-refractivity contribution < 1.29 is 24.2 Å². The van der Waals surface area contributed by atoms with E-state index in [9.17, 15) is 14.7 Å². The number of hydrogen-bond donors (Lipinski definition) is 2. The Labute approximate surface area is 178 Å². The van der Waals surface area contributed by atoms with Crippen molar-refractivity contribution >= 4 is 28.9 Å². The minimum absolute atomic E-state index is 0.0111. The number of aromatic nitrogens is 1. The Kier molecular flexibility index (Phi) is 6.68. The van der Waals surface area contributed by atoms with Crippen LogP contribution in [0.4, 0.5) is 5.69 Å². The zero-order valence-electron chi connectivity index (χ0n) is 16.9. The Morgan fingerprint density at radius 3 is 2.40 bits per heavy atom. The molecular weight excluding hydrogens is 404 g/mol. The van der Waals surface area contributed by atoms with Crippen molar-refractivity contribution in [3.05, 3.63) is 47.3 Å². The summed E-state index contributed by atoms with van der Waals surface area (Å²) in [6.07, 6.45) is 0. The van der Waals surface area contributed by atoms with Crippen LogP contribution in [-0.2, 0) is 4.79 Å².